The molecule has 2 amide bonds. The zero-order valence-corrected chi connectivity index (χ0v) is 15.6. The Kier molecular flexibility index (Phi) is 9.23. The van der Waals surface area contributed by atoms with E-state index in [-0.39, 0.29) is 30.5 Å². The second-order valence-corrected chi connectivity index (χ2v) is 5.38. The summed E-state index contributed by atoms with van der Waals surface area (Å²) < 4.78 is 50.3. The van der Waals surface area contributed by atoms with Crippen LogP contribution in [-0.4, -0.2) is 50.2 Å². The molecule has 0 spiro atoms. The molecule has 29 heavy (non-hydrogen) atoms. The predicted octanol–water partition coefficient (Wildman–Crippen LogP) is 3.22. The van der Waals surface area contributed by atoms with Gasteiger partial charge in [0.15, 0.2) is 0 Å². The Labute approximate surface area is 165 Å². The van der Waals surface area contributed by atoms with E-state index in [1.165, 1.54) is 19.2 Å². The highest BCUT2D eigenvalue weighted by molar-refractivity contribution is 5.79. The largest absolute Gasteiger partial charge is 0.573 e. The summed E-state index contributed by atoms with van der Waals surface area (Å²) in [5, 5.41) is 2.57. The van der Waals surface area contributed by atoms with Gasteiger partial charge in [-0.25, -0.2) is 9.79 Å². The summed E-state index contributed by atoms with van der Waals surface area (Å²) in [4.78, 5) is 27.0. The second-order valence-electron chi connectivity index (χ2n) is 5.38. The van der Waals surface area contributed by atoms with Gasteiger partial charge < -0.3 is 19.5 Å². The van der Waals surface area contributed by atoms with E-state index >= 15 is 0 Å². The number of ether oxygens (including phenoxy) is 3. The van der Waals surface area contributed by atoms with Crippen molar-refractivity contribution >= 4 is 18.7 Å². The minimum Gasteiger partial charge on any atom is -0.468 e. The van der Waals surface area contributed by atoms with Gasteiger partial charge in [-0.2, -0.15) is 0 Å². The van der Waals surface area contributed by atoms with E-state index in [9.17, 15) is 22.8 Å². The van der Waals surface area contributed by atoms with Crippen LogP contribution in [-0.2, 0) is 9.53 Å². The van der Waals surface area contributed by atoms with Crippen molar-refractivity contribution in [1.82, 2.24) is 10.2 Å². The maximum atomic E-state index is 12.2. The van der Waals surface area contributed by atoms with Crippen molar-refractivity contribution in [1.29, 1.82) is 0 Å². The molecule has 11 heteroatoms. The van der Waals surface area contributed by atoms with E-state index in [0.29, 0.717) is 12.9 Å². The Morgan fingerprint density at radius 3 is 2.66 bits per heavy atom. The lowest BCUT2D eigenvalue weighted by molar-refractivity contribution is -0.274. The minimum atomic E-state index is -4.82. The Morgan fingerprint density at radius 2 is 2.00 bits per heavy atom. The molecular formula is C18H20F3N3O5. The molecule has 0 aliphatic heterocycles. The molecule has 8 nitrogen and oxygen atoms in total. The van der Waals surface area contributed by atoms with Gasteiger partial charge in [-0.1, -0.05) is 19.2 Å². The van der Waals surface area contributed by atoms with Crippen LogP contribution >= 0.6 is 0 Å². The maximum Gasteiger partial charge on any atom is 0.573 e. The number of alkyl halides is 3. The zero-order valence-electron chi connectivity index (χ0n) is 15.6. The van der Waals surface area contributed by atoms with Gasteiger partial charge >= 0.3 is 12.4 Å². The number of rotatable bonds is 11. The molecule has 0 fully saturated rings. The number of amides is 2. The number of benzene rings is 1. The molecule has 1 aromatic carbocycles. The van der Waals surface area contributed by atoms with Crippen molar-refractivity contribution in [3.05, 3.63) is 49.0 Å². The topological polar surface area (TPSA) is 89.5 Å². The quantitative estimate of drug-likeness (QED) is 0.259. The number of allylic oxidation sites excluding steroid dienone is 1. The van der Waals surface area contributed by atoms with E-state index in [4.69, 9.17) is 4.74 Å². The first kappa shape index (κ1) is 23.5. The molecule has 0 heterocycles. The normalized spacial score (nSPS) is 10.9. The predicted molar refractivity (Wildman–Crippen MR) is 98.3 cm³/mol. The lowest BCUT2D eigenvalue weighted by Crippen LogP contribution is -2.36. The van der Waals surface area contributed by atoms with Crippen LogP contribution in [0.25, 0.3) is 0 Å². The number of carbonyl (C=O) groups is 2. The molecule has 1 N–H and O–H groups in total. The van der Waals surface area contributed by atoms with E-state index in [1.54, 1.807) is 0 Å². The summed E-state index contributed by atoms with van der Waals surface area (Å²) in [6.45, 7) is 7.97. The highest BCUT2D eigenvalue weighted by Crippen LogP contribution is 2.26. The van der Waals surface area contributed by atoms with Crippen LogP contribution < -0.4 is 14.8 Å². The maximum absolute atomic E-state index is 12.2. The van der Waals surface area contributed by atoms with Crippen molar-refractivity contribution in [2.75, 3.05) is 20.2 Å². The minimum absolute atomic E-state index is 0.00451. The third-order valence-corrected chi connectivity index (χ3v) is 3.12. The molecular weight excluding hydrogens is 395 g/mol. The Hall–Kier alpha value is -3.50. The Bertz CT molecular complexity index is 765. The monoisotopic (exact) mass is 415 g/mol. The van der Waals surface area contributed by atoms with E-state index < -0.39 is 18.1 Å². The van der Waals surface area contributed by atoms with E-state index in [0.717, 1.165) is 23.2 Å². The van der Waals surface area contributed by atoms with Crippen molar-refractivity contribution in [2.45, 2.75) is 12.8 Å². The van der Waals surface area contributed by atoms with Crippen molar-refractivity contribution in [3.63, 3.8) is 0 Å². The summed E-state index contributed by atoms with van der Waals surface area (Å²) in [5.41, 5.74) is 0. The van der Waals surface area contributed by atoms with Crippen LogP contribution in [0.4, 0.5) is 18.0 Å². The smallest absolute Gasteiger partial charge is 0.468 e. The number of carbonyl (C=O) groups excluding carboxylic acids is 2. The molecule has 0 radical (unpaired) electrons. The van der Waals surface area contributed by atoms with Crippen LogP contribution in [0, 0.1) is 0 Å². The van der Waals surface area contributed by atoms with Gasteiger partial charge in [-0.3, -0.25) is 9.69 Å². The SMILES string of the molecule is C=C(/C=N\C(=C)N(C)C(=O)NCCCOC=O)Oc1cccc(OC(F)(F)F)c1. The molecule has 1 aromatic rings. The average molecular weight is 415 g/mol. The highest BCUT2D eigenvalue weighted by atomic mass is 19.4. The summed E-state index contributed by atoms with van der Waals surface area (Å²) in [6, 6.07) is 4.40. The third kappa shape index (κ3) is 9.84. The summed E-state index contributed by atoms with van der Waals surface area (Å²) in [6.07, 6.45) is -3.22. The fraction of sp³-hybridized carbons (Fsp3) is 0.278. The standard InChI is InChI=1S/C18H20F3N3O5/c1-13(28-15-6-4-7-16(10-15)29-18(19,20)21)11-23-14(2)24(3)17(26)22-8-5-9-27-12-25/h4,6-7,10-12H,1-2,5,8-9H2,3H3,(H,22,26)/b23-11-. The number of halogens is 3. The van der Waals surface area contributed by atoms with Gasteiger partial charge in [-0.05, 0) is 18.6 Å². The third-order valence-electron chi connectivity index (χ3n) is 3.12. The van der Waals surface area contributed by atoms with Gasteiger partial charge in [0.2, 0.25) is 0 Å². The Morgan fingerprint density at radius 1 is 1.31 bits per heavy atom. The number of aliphatic imine (C=N–C) groups is 1. The van der Waals surface area contributed by atoms with Gasteiger partial charge in [0.1, 0.15) is 23.1 Å². The van der Waals surface area contributed by atoms with Crippen LogP contribution in [0.5, 0.6) is 11.5 Å². The van der Waals surface area contributed by atoms with Crippen molar-refractivity contribution in [3.8, 4) is 11.5 Å². The van der Waals surface area contributed by atoms with Crippen LogP contribution in [0.2, 0.25) is 0 Å². The molecule has 0 bridgehead atoms. The summed E-state index contributed by atoms with van der Waals surface area (Å²) in [5.74, 6) is -0.336. The Balaban J connectivity index is 2.52. The van der Waals surface area contributed by atoms with E-state index in [1.807, 2.05) is 0 Å². The van der Waals surface area contributed by atoms with Gasteiger partial charge in [0, 0.05) is 19.7 Å². The van der Waals surface area contributed by atoms with Crippen LogP contribution in [0.15, 0.2) is 54.0 Å². The van der Waals surface area contributed by atoms with Gasteiger partial charge in [-0.15, -0.1) is 13.2 Å². The number of nitrogens with zero attached hydrogens (tertiary/aromatic N) is 2. The molecule has 0 aliphatic carbocycles. The van der Waals surface area contributed by atoms with Gasteiger partial charge in [0.05, 0.1) is 12.8 Å². The lowest BCUT2D eigenvalue weighted by Gasteiger charge is -2.17. The first-order valence-corrected chi connectivity index (χ1v) is 8.14. The zero-order chi connectivity index (χ0) is 21.9. The van der Waals surface area contributed by atoms with Crippen molar-refractivity contribution < 1.29 is 37.0 Å². The molecule has 0 atom stereocenters. The molecule has 0 aromatic heterocycles. The summed E-state index contributed by atoms with van der Waals surface area (Å²) >= 11 is 0. The number of nitrogens with one attached hydrogen (secondary N) is 1. The molecule has 0 unspecified atom stereocenters. The highest BCUT2D eigenvalue weighted by Gasteiger charge is 2.31. The first-order valence-electron chi connectivity index (χ1n) is 8.14. The molecule has 158 valence electrons. The van der Waals surface area contributed by atoms with Crippen molar-refractivity contribution in [2.24, 2.45) is 4.99 Å². The lowest BCUT2D eigenvalue weighted by atomic mass is 10.3. The molecule has 0 saturated heterocycles. The molecule has 0 saturated carbocycles. The fourth-order valence-corrected chi connectivity index (χ4v) is 1.78. The van der Waals surface area contributed by atoms with Crippen LogP contribution in [0.1, 0.15) is 6.42 Å². The van der Waals surface area contributed by atoms with Gasteiger partial charge in [0.25, 0.3) is 6.47 Å². The average Bonchev–Trinajstić information content (AvgIpc) is 2.64. The van der Waals surface area contributed by atoms with Crippen LogP contribution in [0.3, 0.4) is 0 Å². The van der Waals surface area contributed by atoms with E-state index in [2.05, 4.69) is 32.9 Å². The second kappa shape index (κ2) is 11.4. The number of hydrogen-bond acceptors (Lipinski definition) is 6. The fourth-order valence-electron chi connectivity index (χ4n) is 1.78. The molecule has 1 rings (SSSR count). The number of urea groups is 1. The molecule has 0 aliphatic rings. The number of hydrogen-bond donors (Lipinski definition) is 1. The summed E-state index contributed by atoms with van der Waals surface area (Å²) in [7, 11) is 1.43. The first-order chi connectivity index (χ1) is 13.6.